The number of aromatic nitrogens is 3. The van der Waals surface area contributed by atoms with Crippen LogP contribution in [0.2, 0.25) is 0 Å². The van der Waals surface area contributed by atoms with Gasteiger partial charge in [0.15, 0.2) is 0 Å². The number of carbonyl (C=O) groups is 2. The quantitative estimate of drug-likeness (QED) is 0.459. The molecule has 5 rings (SSSR count). The molecule has 30 heavy (non-hydrogen) atoms. The van der Waals surface area contributed by atoms with Crippen LogP contribution in [-0.4, -0.2) is 44.4 Å². The molecule has 0 atom stereocenters. The Hall–Kier alpha value is -3.11. The molecule has 0 aliphatic carbocycles. The molecule has 5 heterocycles. The molecule has 2 fully saturated rings. The van der Waals surface area contributed by atoms with E-state index in [1.54, 1.807) is 6.20 Å². The smallest absolute Gasteiger partial charge is 0.400 e. The van der Waals surface area contributed by atoms with Crippen LogP contribution in [0.3, 0.4) is 0 Å². The molecule has 0 amide bonds. The molecular weight excluding hydrogens is 408 g/mol. The Morgan fingerprint density at radius 1 is 1.07 bits per heavy atom. The monoisotopic (exact) mass is 426 g/mol. The molecule has 1 spiro atoms. The predicted molar refractivity (Wildman–Crippen MR) is 105 cm³/mol. The molecule has 2 aliphatic heterocycles. The highest BCUT2D eigenvalue weighted by Crippen LogP contribution is 2.37. The fraction of sp³-hybridized carbons (Fsp3) is 0.350. The standard InChI is InChI=1S/C20H18N4O5S/c25-18-19(26)28-20(27-18)9-3-1-5-11-24(20)12-13-7-8-15(30-13)17-22-16(23-29-17)14-6-2-4-10-21-14/h2,4,6-8,10H,1,3,5,9,11-12H2. The van der Waals surface area contributed by atoms with Gasteiger partial charge >= 0.3 is 17.8 Å². The molecule has 3 aromatic heterocycles. The number of carbonyl (C=O) groups excluding carboxylic acids is 2. The zero-order valence-electron chi connectivity index (χ0n) is 15.9. The van der Waals surface area contributed by atoms with E-state index in [-0.39, 0.29) is 0 Å². The number of hydrogen-bond acceptors (Lipinski definition) is 10. The summed E-state index contributed by atoms with van der Waals surface area (Å²) in [6.07, 6.45) is 4.90. The molecule has 0 unspecified atom stereocenters. The van der Waals surface area contributed by atoms with Crippen LogP contribution in [-0.2, 0) is 25.6 Å². The van der Waals surface area contributed by atoms with Gasteiger partial charge in [-0.1, -0.05) is 17.6 Å². The average Bonchev–Trinajstić information content (AvgIpc) is 3.45. The van der Waals surface area contributed by atoms with E-state index in [0.29, 0.717) is 36.9 Å². The summed E-state index contributed by atoms with van der Waals surface area (Å²) in [6.45, 7) is 1.14. The van der Waals surface area contributed by atoms with Crippen LogP contribution in [0.25, 0.3) is 22.3 Å². The van der Waals surface area contributed by atoms with Crippen LogP contribution < -0.4 is 0 Å². The summed E-state index contributed by atoms with van der Waals surface area (Å²) in [4.78, 5) is 35.8. The number of hydrogen-bond donors (Lipinski definition) is 0. The minimum Gasteiger partial charge on any atom is -0.400 e. The Labute approximate surface area is 175 Å². The van der Waals surface area contributed by atoms with Crippen molar-refractivity contribution in [3.05, 3.63) is 41.4 Å². The van der Waals surface area contributed by atoms with Crippen molar-refractivity contribution in [3.8, 4) is 22.3 Å². The van der Waals surface area contributed by atoms with Gasteiger partial charge in [-0.05, 0) is 37.1 Å². The third-order valence-corrected chi connectivity index (χ3v) is 6.17. The molecular formula is C20H18N4O5S. The molecule has 154 valence electrons. The van der Waals surface area contributed by atoms with Crippen LogP contribution in [0, 0.1) is 0 Å². The van der Waals surface area contributed by atoms with Gasteiger partial charge < -0.3 is 14.0 Å². The highest BCUT2D eigenvalue weighted by molar-refractivity contribution is 7.15. The molecule has 10 heteroatoms. The van der Waals surface area contributed by atoms with Gasteiger partial charge in [0.1, 0.15) is 5.69 Å². The first-order chi connectivity index (χ1) is 14.6. The summed E-state index contributed by atoms with van der Waals surface area (Å²) < 4.78 is 16.2. The molecule has 0 bridgehead atoms. The van der Waals surface area contributed by atoms with E-state index in [1.807, 2.05) is 35.2 Å². The lowest BCUT2D eigenvalue weighted by atomic mass is 10.2. The van der Waals surface area contributed by atoms with Gasteiger partial charge in [-0.15, -0.1) is 11.3 Å². The van der Waals surface area contributed by atoms with Crippen molar-refractivity contribution >= 4 is 23.3 Å². The summed E-state index contributed by atoms with van der Waals surface area (Å²) >= 11 is 1.50. The second-order valence-corrected chi connectivity index (χ2v) is 8.30. The van der Waals surface area contributed by atoms with E-state index in [1.165, 1.54) is 11.3 Å². The molecule has 0 N–H and O–H groups in total. The summed E-state index contributed by atoms with van der Waals surface area (Å²) in [6, 6.07) is 9.37. The van der Waals surface area contributed by atoms with Crippen LogP contribution in [0.15, 0.2) is 41.1 Å². The van der Waals surface area contributed by atoms with Crippen LogP contribution >= 0.6 is 11.3 Å². The maximum absolute atomic E-state index is 11.7. The van der Waals surface area contributed by atoms with Gasteiger partial charge in [0.05, 0.1) is 4.88 Å². The van der Waals surface area contributed by atoms with E-state index in [9.17, 15) is 9.59 Å². The fourth-order valence-electron chi connectivity index (χ4n) is 3.67. The Kier molecular flexibility index (Phi) is 4.80. The molecule has 0 aromatic carbocycles. The van der Waals surface area contributed by atoms with Gasteiger partial charge in [-0.25, -0.2) is 14.5 Å². The van der Waals surface area contributed by atoms with E-state index < -0.39 is 17.8 Å². The lowest BCUT2D eigenvalue weighted by molar-refractivity contribution is -0.254. The lowest BCUT2D eigenvalue weighted by Gasteiger charge is -2.35. The SMILES string of the molecule is O=C1OC2(CCCCCN2Cc2ccc(-c3nc(-c4ccccn4)no3)s2)OC1=O. The van der Waals surface area contributed by atoms with Gasteiger partial charge in [0.2, 0.25) is 5.82 Å². The van der Waals surface area contributed by atoms with Crippen molar-refractivity contribution in [1.82, 2.24) is 20.0 Å². The van der Waals surface area contributed by atoms with Gasteiger partial charge in [0, 0.05) is 30.6 Å². The molecule has 3 aromatic rings. The number of esters is 2. The Balaban J connectivity index is 1.36. The molecule has 0 radical (unpaired) electrons. The third kappa shape index (κ3) is 3.48. The normalized spacial score (nSPS) is 18.9. The number of likely N-dealkylation sites (tertiary alicyclic amines) is 1. The van der Waals surface area contributed by atoms with Crippen LogP contribution in [0.4, 0.5) is 0 Å². The summed E-state index contributed by atoms with van der Waals surface area (Å²) in [7, 11) is 0. The van der Waals surface area contributed by atoms with Gasteiger partial charge in [-0.3, -0.25) is 4.98 Å². The highest BCUT2D eigenvalue weighted by Gasteiger charge is 2.53. The first kappa shape index (κ1) is 18.9. The topological polar surface area (TPSA) is 108 Å². The average molecular weight is 426 g/mol. The lowest BCUT2D eigenvalue weighted by Crippen LogP contribution is -2.49. The summed E-state index contributed by atoms with van der Waals surface area (Å²) in [5, 5.41) is 4.01. The van der Waals surface area contributed by atoms with Crippen molar-refractivity contribution < 1.29 is 23.6 Å². The van der Waals surface area contributed by atoms with E-state index >= 15 is 0 Å². The molecule has 2 saturated heterocycles. The molecule has 2 aliphatic rings. The highest BCUT2D eigenvalue weighted by atomic mass is 32.1. The predicted octanol–water partition coefficient (Wildman–Crippen LogP) is 2.99. The maximum atomic E-state index is 11.7. The summed E-state index contributed by atoms with van der Waals surface area (Å²) in [5.74, 6) is -2.32. The zero-order chi connectivity index (χ0) is 20.6. The van der Waals surface area contributed by atoms with Gasteiger partial charge in [0.25, 0.3) is 5.89 Å². The van der Waals surface area contributed by atoms with E-state index in [2.05, 4.69) is 15.1 Å². The first-order valence-electron chi connectivity index (χ1n) is 9.68. The van der Waals surface area contributed by atoms with Crippen molar-refractivity contribution in [2.45, 2.75) is 38.1 Å². The molecule has 9 nitrogen and oxygen atoms in total. The number of pyridine rings is 1. The number of thiophene rings is 1. The Morgan fingerprint density at radius 3 is 2.73 bits per heavy atom. The van der Waals surface area contributed by atoms with E-state index in [4.69, 9.17) is 14.0 Å². The Bertz CT molecular complexity index is 1060. The van der Waals surface area contributed by atoms with Gasteiger partial charge in [-0.2, -0.15) is 4.98 Å². The van der Waals surface area contributed by atoms with Crippen LogP contribution in [0.1, 0.15) is 30.6 Å². The second kappa shape index (κ2) is 7.62. The van der Waals surface area contributed by atoms with Crippen molar-refractivity contribution in [2.75, 3.05) is 6.54 Å². The summed E-state index contributed by atoms with van der Waals surface area (Å²) in [5.41, 5.74) is 0.639. The van der Waals surface area contributed by atoms with Crippen molar-refractivity contribution in [1.29, 1.82) is 0 Å². The maximum Gasteiger partial charge on any atom is 0.421 e. The Morgan fingerprint density at radius 2 is 1.93 bits per heavy atom. The fourth-order valence-corrected chi connectivity index (χ4v) is 4.61. The number of nitrogens with zero attached hydrogens (tertiary/aromatic N) is 4. The largest absolute Gasteiger partial charge is 0.421 e. The zero-order valence-corrected chi connectivity index (χ0v) is 16.8. The van der Waals surface area contributed by atoms with E-state index in [0.717, 1.165) is 29.0 Å². The van der Waals surface area contributed by atoms with Crippen molar-refractivity contribution in [2.24, 2.45) is 0 Å². The van der Waals surface area contributed by atoms with Crippen LogP contribution in [0.5, 0.6) is 0 Å². The third-order valence-electron chi connectivity index (χ3n) is 5.11. The van der Waals surface area contributed by atoms with Crippen molar-refractivity contribution in [3.63, 3.8) is 0 Å². The minimum atomic E-state index is -1.30. The minimum absolute atomic E-state index is 0.413. The molecule has 0 saturated carbocycles. The first-order valence-corrected chi connectivity index (χ1v) is 10.5. The second-order valence-electron chi connectivity index (χ2n) is 7.13. The number of rotatable bonds is 4. The number of ether oxygens (including phenoxy) is 2.